The molecule has 2 fully saturated rings. The molecule has 1 unspecified atom stereocenters. The fourth-order valence-electron chi connectivity index (χ4n) is 4.37. The van der Waals surface area contributed by atoms with Crippen LogP contribution in [0.2, 0.25) is 0 Å². The summed E-state index contributed by atoms with van der Waals surface area (Å²) in [5.74, 6) is 0.0944. The van der Waals surface area contributed by atoms with E-state index in [0.717, 1.165) is 36.5 Å². The van der Waals surface area contributed by atoms with Gasteiger partial charge >= 0.3 is 6.03 Å². The van der Waals surface area contributed by atoms with E-state index in [2.05, 4.69) is 10.4 Å². The molecule has 196 valence electrons. The highest BCUT2D eigenvalue weighted by Gasteiger charge is 2.50. The predicted octanol–water partition coefficient (Wildman–Crippen LogP) is 5.44. The van der Waals surface area contributed by atoms with Gasteiger partial charge in [-0.25, -0.2) is 9.80 Å². The smallest absolute Gasteiger partial charge is 0.343 e. The Labute approximate surface area is 222 Å². The van der Waals surface area contributed by atoms with Crippen LogP contribution in [0.1, 0.15) is 65.4 Å². The number of aliphatic hydroxyl groups excluding tert-OH is 1. The molecule has 4 N–H and O–H groups in total. The summed E-state index contributed by atoms with van der Waals surface area (Å²) in [6.45, 7) is 7.27. The Bertz CT molecular complexity index is 1100. The number of nitrogens with one attached hydrogen (secondary N) is 1. The van der Waals surface area contributed by atoms with Gasteiger partial charge in [0.2, 0.25) is 0 Å². The zero-order valence-corrected chi connectivity index (χ0v) is 22.9. The summed E-state index contributed by atoms with van der Waals surface area (Å²) in [6, 6.07) is 10.7. The number of phenols is 1. The fourth-order valence-corrected chi connectivity index (χ4v) is 6.15. The van der Waals surface area contributed by atoms with Gasteiger partial charge in [0.1, 0.15) is 5.75 Å². The van der Waals surface area contributed by atoms with Crippen LogP contribution in [0, 0.1) is 0 Å². The first-order chi connectivity index (χ1) is 17.0. The first kappa shape index (κ1) is 28.2. The molecule has 0 bridgehead atoms. The molecular weight excluding hydrogens is 496 g/mol. The van der Waals surface area contributed by atoms with Crippen molar-refractivity contribution in [2.24, 2.45) is 5.10 Å². The molecule has 1 aliphatic heterocycles. The van der Waals surface area contributed by atoms with E-state index < -0.39 is 16.9 Å². The molecule has 1 saturated carbocycles. The molecule has 0 aromatic heterocycles. The van der Waals surface area contributed by atoms with Crippen molar-refractivity contribution >= 4 is 51.3 Å². The molecule has 2 aromatic rings. The third-order valence-electron chi connectivity index (χ3n) is 6.02. The number of amides is 2. The first-order valence-electron chi connectivity index (χ1n) is 12.2. The summed E-state index contributed by atoms with van der Waals surface area (Å²) in [5.41, 5.74) is 0.551. The van der Waals surface area contributed by atoms with Gasteiger partial charge < -0.3 is 15.5 Å². The molecule has 1 atom stereocenters. The second kappa shape index (κ2) is 12.2. The lowest BCUT2D eigenvalue weighted by atomic mass is 9.96. The van der Waals surface area contributed by atoms with Gasteiger partial charge in [0.25, 0.3) is 0 Å². The number of hydrazone groups is 1. The second-order valence-corrected chi connectivity index (χ2v) is 12.2. The number of thiocarbonyl (C=S) groups is 1. The van der Waals surface area contributed by atoms with Crippen LogP contribution in [0.5, 0.6) is 5.75 Å². The summed E-state index contributed by atoms with van der Waals surface area (Å²) in [4.78, 5) is 12.8. The molecule has 1 aliphatic carbocycles. The van der Waals surface area contributed by atoms with Crippen molar-refractivity contribution in [1.29, 1.82) is 0 Å². The molecule has 2 aliphatic rings. The van der Waals surface area contributed by atoms with Gasteiger partial charge in [0.05, 0.1) is 11.0 Å². The van der Waals surface area contributed by atoms with Crippen LogP contribution in [0.25, 0.3) is 10.8 Å². The first-order valence-corrected chi connectivity index (χ1v) is 13.5. The van der Waals surface area contributed by atoms with Gasteiger partial charge in [-0.3, -0.25) is 5.21 Å². The van der Waals surface area contributed by atoms with Crippen molar-refractivity contribution in [3.63, 3.8) is 0 Å². The number of aliphatic hydroxyl groups is 1. The highest BCUT2D eigenvalue weighted by molar-refractivity contribution is 8.24. The third-order valence-corrected chi connectivity index (χ3v) is 7.56. The van der Waals surface area contributed by atoms with Gasteiger partial charge in [-0.1, -0.05) is 73.6 Å². The quantitative estimate of drug-likeness (QED) is 0.180. The number of fused-ring (bicyclic) bond motifs is 1. The lowest BCUT2D eigenvalue weighted by Gasteiger charge is -2.35. The molecule has 2 amide bonds. The minimum absolute atomic E-state index is 0.0691. The number of urea groups is 1. The molecule has 0 spiro atoms. The second-order valence-electron chi connectivity index (χ2n) is 9.88. The molecule has 1 heterocycles. The van der Waals surface area contributed by atoms with E-state index in [0.29, 0.717) is 14.9 Å². The number of hydrogen-bond acceptors (Lipinski definition) is 7. The van der Waals surface area contributed by atoms with E-state index in [1.165, 1.54) is 29.4 Å². The SMILES string of the molecule is CC(C)O.CC1(C)SC(=S)N(/N=C/c2c(O)ccc3ccccc23)C1N(O)C(=O)NC1CCCCC1. The molecule has 8 nitrogen and oxygen atoms in total. The summed E-state index contributed by atoms with van der Waals surface area (Å²) in [5, 5.41) is 40.8. The topological polar surface area (TPSA) is 109 Å². The Balaban J connectivity index is 0.000000840. The lowest BCUT2D eigenvalue weighted by molar-refractivity contribution is -0.119. The van der Waals surface area contributed by atoms with Crippen LogP contribution in [-0.2, 0) is 0 Å². The Kier molecular flexibility index (Phi) is 9.57. The summed E-state index contributed by atoms with van der Waals surface area (Å²) in [6.07, 6.45) is 5.75. The van der Waals surface area contributed by atoms with E-state index in [4.69, 9.17) is 17.3 Å². The van der Waals surface area contributed by atoms with Crippen molar-refractivity contribution < 1.29 is 20.2 Å². The number of nitrogens with zero attached hydrogens (tertiary/aromatic N) is 3. The van der Waals surface area contributed by atoms with Gasteiger partial charge in [-0.05, 0) is 57.4 Å². The zero-order valence-electron chi connectivity index (χ0n) is 21.2. The average molecular weight is 533 g/mol. The summed E-state index contributed by atoms with van der Waals surface area (Å²) in [7, 11) is 0. The average Bonchev–Trinajstić information content (AvgIpc) is 3.05. The van der Waals surface area contributed by atoms with E-state index in [1.54, 1.807) is 19.9 Å². The number of hydrogen-bond donors (Lipinski definition) is 4. The van der Waals surface area contributed by atoms with Crippen molar-refractivity contribution in [2.45, 2.75) is 82.9 Å². The number of benzene rings is 2. The largest absolute Gasteiger partial charge is 0.507 e. The Morgan fingerprint density at radius 3 is 2.53 bits per heavy atom. The lowest BCUT2D eigenvalue weighted by Crippen LogP contribution is -2.57. The molecule has 1 saturated heterocycles. The Morgan fingerprint density at radius 1 is 1.22 bits per heavy atom. The number of carbonyl (C=O) groups excluding carboxylic acids is 1. The molecule has 2 aromatic carbocycles. The Hall–Kier alpha value is -2.40. The van der Waals surface area contributed by atoms with Gasteiger partial charge in [-0.2, -0.15) is 10.2 Å². The maximum atomic E-state index is 12.8. The van der Waals surface area contributed by atoms with Gasteiger partial charge in [0.15, 0.2) is 10.5 Å². The van der Waals surface area contributed by atoms with Gasteiger partial charge in [0, 0.05) is 17.7 Å². The van der Waals surface area contributed by atoms with Crippen molar-refractivity contribution in [3.05, 3.63) is 42.0 Å². The predicted molar refractivity (Wildman–Crippen MR) is 149 cm³/mol. The van der Waals surface area contributed by atoms with Crippen LogP contribution < -0.4 is 5.32 Å². The van der Waals surface area contributed by atoms with E-state index in [9.17, 15) is 15.1 Å². The van der Waals surface area contributed by atoms with Crippen LogP contribution in [0.4, 0.5) is 4.79 Å². The monoisotopic (exact) mass is 532 g/mol. The van der Waals surface area contributed by atoms with Crippen molar-refractivity contribution in [2.75, 3.05) is 0 Å². The van der Waals surface area contributed by atoms with E-state index in [-0.39, 0.29) is 17.9 Å². The van der Waals surface area contributed by atoms with Crippen LogP contribution >= 0.6 is 24.0 Å². The standard InChI is InChI=1S/C23H28N4O3S2.C3H8O/c1-23(2)20(27(30)21(29)25-16-9-4-3-5-10-16)26(22(31)32-23)24-14-18-17-11-7-6-8-15(17)12-13-19(18)28;1-3(2)4/h6-8,11-14,16,20,28,30H,3-5,9-10H2,1-2H3,(H,25,29);3-4H,1-2H3/b24-14+;. The number of aromatic hydroxyl groups is 1. The molecule has 36 heavy (non-hydrogen) atoms. The van der Waals surface area contributed by atoms with Crippen LogP contribution in [0.3, 0.4) is 0 Å². The number of rotatable bonds is 4. The van der Waals surface area contributed by atoms with Crippen LogP contribution in [0.15, 0.2) is 41.5 Å². The maximum Gasteiger partial charge on any atom is 0.343 e. The normalized spacial score (nSPS) is 20.0. The number of hydroxylamine groups is 2. The number of carbonyl (C=O) groups is 1. The van der Waals surface area contributed by atoms with E-state index in [1.807, 2.05) is 44.2 Å². The summed E-state index contributed by atoms with van der Waals surface area (Å²) < 4.78 is -0.145. The van der Waals surface area contributed by atoms with Crippen molar-refractivity contribution in [1.82, 2.24) is 15.4 Å². The highest BCUT2D eigenvalue weighted by atomic mass is 32.2. The minimum Gasteiger partial charge on any atom is -0.507 e. The van der Waals surface area contributed by atoms with Crippen molar-refractivity contribution in [3.8, 4) is 5.75 Å². The fraction of sp³-hybridized carbons (Fsp3) is 0.500. The Morgan fingerprint density at radius 2 is 1.86 bits per heavy atom. The maximum absolute atomic E-state index is 12.8. The van der Waals surface area contributed by atoms with Gasteiger partial charge in [-0.15, -0.1) is 0 Å². The zero-order chi connectivity index (χ0) is 26.5. The van der Waals surface area contributed by atoms with E-state index >= 15 is 0 Å². The third kappa shape index (κ3) is 6.88. The number of thioether (sulfide) groups is 1. The van der Waals surface area contributed by atoms with Crippen LogP contribution in [-0.4, -0.2) is 65.1 Å². The molecule has 4 rings (SSSR count). The molecule has 0 radical (unpaired) electrons. The molecular formula is C26H36N4O4S2. The number of phenolic OH excluding ortho intramolecular Hbond substituents is 1. The summed E-state index contributed by atoms with van der Waals surface area (Å²) >= 11 is 6.89. The minimum atomic E-state index is -0.794. The molecule has 10 heteroatoms. The highest BCUT2D eigenvalue weighted by Crippen LogP contribution is 2.42.